The molecule has 2 aromatic carbocycles. The summed E-state index contributed by atoms with van der Waals surface area (Å²) < 4.78 is 13.4. The molecule has 4 aromatic rings. The predicted octanol–water partition coefficient (Wildman–Crippen LogP) is 4.39. The Bertz CT molecular complexity index is 1150. The highest BCUT2D eigenvalue weighted by Gasteiger charge is 2.25. The summed E-state index contributed by atoms with van der Waals surface area (Å²) in [6, 6.07) is 17.1. The first-order valence-corrected chi connectivity index (χ1v) is 8.85. The smallest absolute Gasteiger partial charge is 0.293 e. The highest BCUT2D eigenvalue weighted by atomic mass is 16.5. The van der Waals surface area contributed by atoms with Gasteiger partial charge in [-0.3, -0.25) is 4.79 Å². The molecule has 1 atom stereocenters. The van der Waals surface area contributed by atoms with Crippen LogP contribution in [-0.4, -0.2) is 13.0 Å². The zero-order valence-corrected chi connectivity index (χ0v) is 15.5. The van der Waals surface area contributed by atoms with Crippen LogP contribution in [0.15, 0.2) is 65.2 Å². The molecule has 136 valence electrons. The van der Waals surface area contributed by atoms with Crippen molar-refractivity contribution in [1.29, 1.82) is 0 Å². The number of nitrogens with one attached hydrogen (secondary N) is 1. The molecule has 1 N–H and O–H groups in total. The van der Waals surface area contributed by atoms with Gasteiger partial charge in [-0.05, 0) is 12.1 Å². The van der Waals surface area contributed by atoms with Crippen LogP contribution < -0.4 is 14.6 Å². The van der Waals surface area contributed by atoms with Crippen LogP contribution in [0.25, 0.3) is 21.9 Å². The number of aryl methyl sites for hydroxylation is 1. The van der Waals surface area contributed by atoms with Gasteiger partial charge in [-0.2, -0.15) is 4.57 Å². The van der Waals surface area contributed by atoms with Crippen LogP contribution in [0.5, 0.6) is 5.75 Å². The van der Waals surface area contributed by atoms with Crippen molar-refractivity contribution < 1.29 is 18.5 Å². The van der Waals surface area contributed by atoms with Gasteiger partial charge < -0.3 is 14.5 Å². The molecule has 4 rings (SSSR count). The number of amides is 1. The van der Waals surface area contributed by atoms with Gasteiger partial charge in [-0.1, -0.05) is 24.3 Å². The summed E-state index contributed by atoms with van der Waals surface area (Å²) in [5.41, 5.74) is 3.13. The van der Waals surface area contributed by atoms with Crippen molar-refractivity contribution in [2.75, 3.05) is 12.4 Å². The van der Waals surface area contributed by atoms with E-state index in [0.717, 1.165) is 22.0 Å². The molecule has 0 aliphatic heterocycles. The quantitative estimate of drug-likeness (QED) is 0.549. The van der Waals surface area contributed by atoms with E-state index in [1.165, 1.54) is 0 Å². The molecule has 0 aliphatic rings. The van der Waals surface area contributed by atoms with E-state index in [1.807, 2.05) is 79.2 Å². The molecule has 5 nitrogen and oxygen atoms in total. The minimum atomic E-state index is -0.359. The van der Waals surface area contributed by atoms with Crippen molar-refractivity contribution in [3.05, 3.63) is 66.5 Å². The monoisotopic (exact) mass is 361 g/mol. The molecule has 0 saturated carbocycles. The Morgan fingerprint density at radius 1 is 1.07 bits per heavy atom. The number of carbonyl (C=O) groups is 1. The van der Waals surface area contributed by atoms with Gasteiger partial charge in [0.25, 0.3) is 5.91 Å². The average Bonchev–Trinajstić information content (AvgIpc) is 3.04. The van der Waals surface area contributed by atoms with Crippen LogP contribution in [0.4, 0.5) is 5.69 Å². The molecule has 0 aliphatic carbocycles. The number of aromatic nitrogens is 1. The number of methoxy groups -OCH3 is 1. The molecule has 0 bridgehead atoms. The molecule has 1 amide bonds. The van der Waals surface area contributed by atoms with E-state index in [0.29, 0.717) is 17.0 Å². The number of fused-ring (bicyclic) bond motifs is 3. The highest BCUT2D eigenvalue weighted by Crippen LogP contribution is 2.36. The number of nitrogens with zero attached hydrogens (tertiary/aromatic N) is 1. The van der Waals surface area contributed by atoms with Gasteiger partial charge in [0, 0.05) is 42.8 Å². The number of para-hydroxylation sites is 1. The van der Waals surface area contributed by atoms with Crippen LogP contribution in [-0.2, 0) is 4.79 Å². The van der Waals surface area contributed by atoms with Crippen molar-refractivity contribution in [2.45, 2.75) is 19.9 Å². The Kier molecular flexibility index (Phi) is 4.28. The van der Waals surface area contributed by atoms with Gasteiger partial charge in [0.05, 0.1) is 12.8 Å². The average molecular weight is 361 g/mol. The number of hydrogen-bond acceptors (Lipinski definition) is 3. The van der Waals surface area contributed by atoms with E-state index in [1.54, 1.807) is 7.11 Å². The molecule has 0 fully saturated rings. The summed E-state index contributed by atoms with van der Waals surface area (Å²) in [7, 11) is 1.60. The third-order valence-corrected chi connectivity index (χ3v) is 4.86. The van der Waals surface area contributed by atoms with Gasteiger partial charge in [-0.15, -0.1) is 0 Å². The van der Waals surface area contributed by atoms with E-state index in [9.17, 15) is 4.79 Å². The van der Waals surface area contributed by atoms with Crippen molar-refractivity contribution >= 4 is 33.5 Å². The standard InChI is InChI=1S/C22H20N2O3/c1-14-8-6-7-11-24(14)15(2)22(25)23-18-13-20-17(12-21(18)26-3)16-9-4-5-10-19(16)27-20/h4-13,15H,1-3H3/p+1/t15-/m1/s1. The summed E-state index contributed by atoms with van der Waals surface area (Å²) in [5, 5.41) is 4.96. The fourth-order valence-corrected chi connectivity index (χ4v) is 3.36. The number of ether oxygens (including phenoxy) is 1. The Morgan fingerprint density at radius 2 is 1.85 bits per heavy atom. The van der Waals surface area contributed by atoms with E-state index in [2.05, 4.69) is 5.32 Å². The van der Waals surface area contributed by atoms with Crippen LogP contribution in [0, 0.1) is 6.92 Å². The van der Waals surface area contributed by atoms with Crippen LogP contribution in [0.1, 0.15) is 18.7 Å². The van der Waals surface area contributed by atoms with Crippen LogP contribution in [0.3, 0.4) is 0 Å². The molecule has 0 radical (unpaired) electrons. The SMILES string of the molecule is COc1cc2c(cc1NC(=O)[C@@H](C)[n+]1ccccc1C)oc1ccccc12. The number of rotatable bonds is 4. The number of pyridine rings is 1. The number of furan rings is 1. The number of benzene rings is 2. The molecule has 27 heavy (non-hydrogen) atoms. The van der Waals surface area contributed by atoms with E-state index in [4.69, 9.17) is 9.15 Å². The maximum absolute atomic E-state index is 12.8. The third kappa shape index (κ3) is 3.01. The number of hydrogen-bond donors (Lipinski definition) is 1. The van der Waals surface area contributed by atoms with Gasteiger partial charge in [0.15, 0.2) is 11.9 Å². The zero-order chi connectivity index (χ0) is 19.0. The lowest BCUT2D eigenvalue weighted by Crippen LogP contribution is -2.46. The fourth-order valence-electron chi connectivity index (χ4n) is 3.36. The van der Waals surface area contributed by atoms with Gasteiger partial charge in [0.1, 0.15) is 16.9 Å². The second kappa shape index (κ2) is 6.76. The maximum atomic E-state index is 12.8. The van der Waals surface area contributed by atoms with Gasteiger partial charge >= 0.3 is 0 Å². The maximum Gasteiger partial charge on any atom is 0.293 e. The highest BCUT2D eigenvalue weighted by molar-refractivity contribution is 6.07. The normalized spacial score (nSPS) is 12.3. The largest absolute Gasteiger partial charge is 0.495 e. The Labute approximate surface area is 157 Å². The Hall–Kier alpha value is -3.34. The Morgan fingerprint density at radius 3 is 2.63 bits per heavy atom. The minimum absolute atomic E-state index is 0.122. The second-order valence-electron chi connectivity index (χ2n) is 6.56. The van der Waals surface area contributed by atoms with E-state index >= 15 is 0 Å². The molecule has 0 spiro atoms. The first kappa shape index (κ1) is 17.1. The second-order valence-corrected chi connectivity index (χ2v) is 6.56. The zero-order valence-electron chi connectivity index (χ0n) is 15.5. The summed E-state index contributed by atoms with van der Waals surface area (Å²) in [6.45, 7) is 3.85. The van der Waals surface area contributed by atoms with Crippen molar-refractivity contribution in [3.8, 4) is 5.75 Å². The van der Waals surface area contributed by atoms with Crippen LogP contribution in [0.2, 0.25) is 0 Å². The summed E-state index contributed by atoms with van der Waals surface area (Å²) in [5.74, 6) is 0.479. The van der Waals surface area contributed by atoms with Gasteiger partial charge in [-0.25, -0.2) is 0 Å². The molecule has 2 heterocycles. The summed E-state index contributed by atoms with van der Waals surface area (Å²) >= 11 is 0. The van der Waals surface area contributed by atoms with Crippen LogP contribution >= 0.6 is 0 Å². The number of anilines is 1. The summed E-state index contributed by atoms with van der Waals surface area (Å²) in [6.07, 6.45) is 1.90. The predicted molar refractivity (Wildman–Crippen MR) is 105 cm³/mol. The van der Waals surface area contributed by atoms with E-state index < -0.39 is 0 Å². The number of carbonyl (C=O) groups excluding carboxylic acids is 1. The minimum Gasteiger partial charge on any atom is -0.495 e. The molecular formula is C22H21N2O3+. The van der Waals surface area contributed by atoms with E-state index in [-0.39, 0.29) is 11.9 Å². The Balaban J connectivity index is 1.71. The lowest BCUT2D eigenvalue weighted by molar-refractivity contribution is -0.711. The van der Waals surface area contributed by atoms with Crippen molar-refractivity contribution in [2.24, 2.45) is 0 Å². The summed E-state index contributed by atoms with van der Waals surface area (Å²) in [4.78, 5) is 12.8. The molecule has 0 unspecified atom stereocenters. The fraction of sp³-hybridized carbons (Fsp3) is 0.182. The molecule has 2 aromatic heterocycles. The van der Waals surface area contributed by atoms with Crippen molar-refractivity contribution in [1.82, 2.24) is 0 Å². The lowest BCUT2D eigenvalue weighted by Gasteiger charge is -2.13. The molecule has 0 saturated heterocycles. The van der Waals surface area contributed by atoms with Gasteiger partial charge in [0.2, 0.25) is 6.04 Å². The topological polar surface area (TPSA) is 55.4 Å². The first-order valence-electron chi connectivity index (χ1n) is 8.85. The lowest BCUT2D eigenvalue weighted by atomic mass is 10.1. The van der Waals surface area contributed by atoms with Crippen molar-refractivity contribution in [3.63, 3.8) is 0 Å². The molecule has 5 heteroatoms. The third-order valence-electron chi connectivity index (χ3n) is 4.86. The molecular weight excluding hydrogens is 340 g/mol. The first-order chi connectivity index (χ1) is 13.1.